The molecule has 1 aliphatic rings. The van der Waals surface area contributed by atoms with Crippen LogP contribution in [-0.4, -0.2) is 15.2 Å². The van der Waals surface area contributed by atoms with Gasteiger partial charge in [0.1, 0.15) is 5.75 Å². The third kappa shape index (κ3) is 3.12. The minimum absolute atomic E-state index is 0.147. The van der Waals surface area contributed by atoms with Gasteiger partial charge in [-0.1, -0.05) is 34.4 Å². The van der Waals surface area contributed by atoms with Gasteiger partial charge in [0.15, 0.2) is 5.82 Å². The van der Waals surface area contributed by atoms with Crippen molar-refractivity contribution in [3.8, 4) is 17.2 Å². The topological polar surface area (TPSA) is 59.2 Å². The van der Waals surface area contributed by atoms with Crippen molar-refractivity contribution in [3.05, 3.63) is 28.5 Å². The van der Waals surface area contributed by atoms with Gasteiger partial charge in [0, 0.05) is 10.4 Å². The first-order chi connectivity index (χ1) is 10.2. The Labute approximate surface area is 132 Å². The molecule has 0 amide bonds. The monoisotopic (exact) mass is 350 g/mol. The van der Waals surface area contributed by atoms with Gasteiger partial charge in [-0.05, 0) is 49.8 Å². The Morgan fingerprint density at radius 2 is 2.05 bits per heavy atom. The van der Waals surface area contributed by atoms with Crippen LogP contribution in [0.3, 0.4) is 0 Å². The predicted molar refractivity (Wildman–Crippen MR) is 84.1 cm³/mol. The number of benzene rings is 1. The van der Waals surface area contributed by atoms with Gasteiger partial charge in [-0.15, -0.1) is 0 Å². The lowest BCUT2D eigenvalue weighted by atomic mass is 9.80. The van der Waals surface area contributed by atoms with Gasteiger partial charge in [0.2, 0.25) is 0 Å². The third-order valence-corrected chi connectivity index (χ3v) is 4.91. The van der Waals surface area contributed by atoms with Crippen LogP contribution >= 0.6 is 15.9 Å². The van der Waals surface area contributed by atoms with Crippen LogP contribution in [0.25, 0.3) is 11.5 Å². The van der Waals surface area contributed by atoms with Crippen LogP contribution in [0.1, 0.15) is 50.8 Å². The van der Waals surface area contributed by atoms with Crippen LogP contribution in [0.2, 0.25) is 0 Å². The Morgan fingerprint density at radius 1 is 1.29 bits per heavy atom. The number of phenols is 1. The largest absolute Gasteiger partial charge is 0.507 e. The van der Waals surface area contributed by atoms with Crippen LogP contribution in [0.5, 0.6) is 5.75 Å². The van der Waals surface area contributed by atoms with E-state index in [1.807, 2.05) is 6.07 Å². The van der Waals surface area contributed by atoms with Crippen molar-refractivity contribution in [2.24, 2.45) is 5.92 Å². The first-order valence-electron chi connectivity index (χ1n) is 7.50. The van der Waals surface area contributed by atoms with E-state index in [1.54, 1.807) is 12.1 Å². The Bertz CT molecular complexity index is 618. The van der Waals surface area contributed by atoms with Crippen molar-refractivity contribution in [1.29, 1.82) is 0 Å². The van der Waals surface area contributed by atoms with Gasteiger partial charge >= 0.3 is 0 Å². The lowest BCUT2D eigenvalue weighted by molar-refractivity contribution is 0.305. The second-order valence-electron chi connectivity index (χ2n) is 5.75. The van der Waals surface area contributed by atoms with Crippen molar-refractivity contribution >= 4 is 15.9 Å². The summed E-state index contributed by atoms with van der Waals surface area (Å²) in [5.41, 5.74) is 0.583. The SMILES string of the molecule is CCC1CCC(c2noc(-c3ccc(Br)cc3O)n2)CC1. The van der Waals surface area contributed by atoms with Gasteiger partial charge in [-0.25, -0.2) is 0 Å². The molecular weight excluding hydrogens is 332 g/mol. The molecule has 112 valence electrons. The maximum absolute atomic E-state index is 9.97. The molecule has 0 bridgehead atoms. The molecule has 0 radical (unpaired) electrons. The minimum atomic E-state index is 0.147. The molecule has 1 fully saturated rings. The van der Waals surface area contributed by atoms with E-state index in [-0.39, 0.29) is 5.75 Å². The van der Waals surface area contributed by atoms with E-state index in [1.165, 1.54) is 19.3 Å². The Morgan fingerprint density at radius 3 is 2.71 bits per heavy atom. The summed E-state index contributed by atoms with van der Waals surface area (Å²) in [7, 11) is 0. The molecule has 1 aromatic heterocycles. The number of aromatic nitrogens is 2. The summed E-state index contributed by atoms with van der Waals surface area (Å²) >= 11 is 3.32. The van der Waals surface area contributed by atoms with E-state index < -0.39 is 0 Å². The highest BCUT2D eigenvalue weighted by Gasteiger charge is 2.25. The molecule has 1 N–H and O–H groups in total. The summed E-state index contributed by atoms with van der Waals surface area (Å²) < 4.78 is 6.16. The average molecular weight is 351 g/mol. The molecule has 1 saturated carbocycles. The number of halogens is 1. The summed E-state index contributed by atoms with van der Waals surface area (Å²) in [4.78, 5) is 4.49. The van der Waals surface area contributed by atoms with Crippen LogP contribution in [0, 0.1) is 5.92 Å². The zero-order valence-electron chi connectivity index (χ0n) is 12.1. The van der Waals surface area contributed by atoms with Crippen molar-refractivity contribution in [2.75, 3.05) is 0 Å². The van der Waals surface area contributed by atoms with E-state index in [9.17, 15) is 5.11 Å². The zero-order valence-corrected chi connectivity index (χ0v) is 13.6. The van der Waals surface area contributed by atoms with Gasteiger partial charge in [-0.2, -0.15) is 4.98 Å². The van der Waals surface area contributed by atoms with E-state index in [0.29, 0.717) is 17.4 Å². The highest BCUT2D eigenvalue weighted by atomic mass is 79.9. The molecule has 3 rings (SSSR count). The third-order valence-electron chi connectivity index (χ3n) is 4.42. The molecule has 4 nitrogen and oxygen atoms in total. The number of hydrogen-bond donors (Lipinski definition) is 1. The maximum Gasteiger partial charge on any atom is 0.261 e. The molecule has 1 heterocycles. The maximum atomic E-state index is 9.97. The predicted octanol–water partition coefficient (Wildman–Crippen LogP) is 4.89. The van der Waals surface area contributed by atoms with E-state index in [2.05, 4.69) is 33.0 Å². The van der Waals surface area contributed by atoms with E-state index >= 15 is 0 Å². The summed E-state index contributed by atoms with van der Waals surface area (Å²) in [5.74, 6) is 2.56. The van der Waals surface area contributed by atoms with Crippen molar-refractivity contribution in [2.45, 2.75) is 44.9 Å². The summed E-state index contributed by atoms with van der Waals surface area (Å²) in [6, 6.07) is 5.27. The molecule has 0 spiro atoms. The highest BCUT2D eigenvalue weighted by molar-refractivity contribution is 9.10. The van der Waals surface area contributed by atoms with Crippen molar-refractivity contribution < 1.29 is 9.63 Å². The molecular formula is C16H19BrN2O2. The van der Waals surface area contributed by atoms with Gasteiger partial charge in [-0.3, -0.25) is 0 Å². The summed E-state index contributed by atoms with van der Waals surface area (Å²) in [6.45, 7) is 2.26. The van der Waals surface area contributed by atoms with Gasteiger partial charge < -0.3 is 9.63 Å². The fraction of sp³-hybridized carbons (Fsp3) is 0.500. The zero-order chi connectivity index (χ0) is 14.8. The molecule has 0 atom stereocenters. The fourth-order valence-electron chi connectivity index (χ4n) is 3.02. The molecule has 1 aromatic carbocycles. The van der Waals surface area contributed by atoms with Gasteiger partial charge in [0.25, 0.3) is 5.89 Å². The van der Waals surface area contributed by atoms with E-state index in [0.717, 1.165) is 29.1 Å². The fourth-order valence-corrected chi connectivity index (χ4v) is 3.37. The molecule has 2 aromatic rings. The first-order valence-corrected chi connectivity index (χ1v) is 8.29. The second kappa shape index (κ2) is 6.18. The standard InChI is InChI=1S/C16H19BrN2O2/c1-2-10-3-5-11(6-4-10)15-18-16(21-19-15)13-8-7-12(17)9-14(13)20/h7-11,20H,2-6H2,1H3. The van der Waals surface area contributed by atoms with Crippen molar-refractivity contribution in [1.82, 2.24) is 10.1 Å². The second-order valence-corrected chi connectivity index (χ2v) is 6.66. The normalized spacial score (nSPS) is 22.4. The molecule has 1 aliphatic carbocycles. The molecule has 5 heteroatoms. The van der Waals surface area contributed by atoms with Crippen LogP contribution < -0.4 is 0 Å². The number of nitrogens with zero attached hydrogens (tertiary/aromatic N) is 2. The van der Waals surface area contributed by atoms with Crippen LogP contribution in [0.4, 0.5) is 0 Å². The summed E-state index contributed by atoms with van der Waals surface area (Å²) in [6.07, 6.45) is 6.01. The first kappa shape index (κ1) is 14.6. The smallest absolute Gasteiger partial charge is 0.261 e. The number of hydrogen-bond acceptors (Lipinski definition) is 4. The number of aromatic hydroxyl groups is 1. The number of rotatable bonds is 3. The van der Waals surface area contributed by atoms with Crippen molar-refractivity contribution in [3.63, 3.8) is 0 Å². The molecule has 0 unspecified atom stereocenters. The lowest BCUT2D eigenvalue weighted by Crippen LogP contribution is -2.13. The quantitative estimate of drug-likeness (QED) is 0.855. The molecule has 0 saturated heterocycles. The highest BCUT2D eigenvalue weighted by Crippen LogP contribution is 2.37. The van der Waals surface area contributed by atoms with E-state index in [4.69, 9.17) is 4.52 Å². The number of phenolic OH excluding ortho intramolecular Hbond substituents is 1. The Balaban J connectivity index is 1.77. The van der Waals surface area contributed by atoms with Crippen LogP contribution in [0.15, 0.2) is 27.2 Å². The van der Waals surface area contributed by atoms with Crippen LogP contribution in [-0.2, 0) is 0 Å². The minimum Gasteiger partial charge on any atom is -0.507 e. The molecule has 21 heavy (non-hydrogen) atoms. The Kier molecular flexibility index (Phi) is 4.29. The Hall–Kier alpha value is -1.36. The summed E-state index contributed by atoms with van der Waals surface area (Å²) in [5, 5.41) is 14.1. The lowest BCUT2D eigenvalue weighted by Gasteiger charge is -2.25. The van der Waals surface area contributed by atoms with Gasteiger partial charge in [0.05, 0.1) is 5.56 Å². The average Bonchev–Trinajstić information content (AvgIpc) is 2.97. The molecule has 0 aliphatic heterocycles.